The first kappa shape index (κ1) is 24.1. The molecule has 6 heteroatoms. The van der Waals surface area contributed by atoms with Crippen LogP contribution in [0.1, 0.15) is 42.6 Å². The van der Waals surface area contributed by atoms with Gasteiger partial charge >= 0.3 is 0 Å². The van der Waals surface area contributed by atoms with Crippen molar-refractivity contribution >= 4 is 17.4 Å². The first-order valence-electron chi connectivity index (χ1n) is 12.4. The number of likely N-dealkylation sites (N-methyl/N-ethyl adjacent to an activating group) is 1. The van der Waals surface area contributed by atoms with Gasteiger partial charge in [-0.05, 0) is 73.8 Å². The van der Waals surface area contributed by atoms with E-state index in [-0.39, 0.29) is 30.4 Å². The third-order valence-corrected chi connectivity index (χ3v) is 7.19. The zero-order chi connectivity index (χ0) is 25.4. The Morgan fingerprint density at radius 1 is 0.889 bits per heavy atom. The predicted octanol–water partition coefficient (Wildman–Crippen LogP) is 5.52. The molecule has 0 spiro atoms. The second-order valence-corrected chi connectivity index (χ2v) is 10.3. The zero-order valence-electron chi connectivity index (χ0n) is 21.2. The van der Waals surface area contributed by atoms with Crippen LogP contribution in [0.15, 0.2) is 66.7 Å². The lowest BCUT2D eigenvalue weighted by atomic mass is 9.93. The van der Waals surface area contributed by atoms with Gasteiger partial charge in [-0.15, -0.1) is 0 Å². The number of carbonyl (C=O) groups excluding carboxylic acids is 2. The molecular formula is C30H32N2O4. The van der Waals surface area contributed by atoms with Crippen LogP contribution in [0, 0.1) is 5.92 Å². The summed E-state index contributed by atoms with van der Waals surface area (Å²) in [6, 6.07) is 21.1. The quantitative estimate of drug-likeness (QED) is 0.427. The maximum Gasteiger partial charge on any atom is 0.235 e. The Labute approximate surface area is 212 Å². The van der Waals surface area contributed by atoms with Gasteiger partial charge in [0.2, 0.25) is 12.7 Å². The number of anilines is 1. The van der Waals surface area contributed by atoms with Crippen molar-refractivity contribution in [3.8, 4) is 22.6 Å². The minimum absolute atomic E-state index is 0.0112. The molecule has 6 nitrogen and oxygen atoms in total. The van der Waals surface area contributed by atoms with Crippen molar-refractivity contribution in [1.82, 2.24) is 4.90 Å². The van der Waals surface area contributed by atoms with Gasteiger partial charge in [0.05, 0.1) is 11.5 Å². The number of hydrogen-bond acceptors (Lipinski definition) is 5. The van der Waals surface area contributed by atoms with Gasteiger partial charge in [0.25, 0.3) is 0 Å². The molecule has 3 aromatic carbocycles. The number of nitrogens with zero attached hydrogens (tertiary/aromatic N) is 1. The Morgan fingerprint density at radius 2 is 1.61 bits per heavy atom. The Hall–Kier alpha value is -3.64. The maximum absolute atomic E-state index is 13.3. The normalized spacial score (nSPS) is 16.2. The van der Waals surface area contributed by atoms with Crippen molar-refractivity contribution < 1.29 is 19.1 Å². The van der Waals surface area contributed by atoms with Crippen molar-refractivity contribution in [2.45, 2.75) is 38.1 Å². The van der Waals surface area contributed by atoms with Crippen molar-refractivity contribution in [3.63, 3.8) is 0 Å². The molecule has 36 heavy (non-hydrogen) atoms. The SMILES string of the molecule is CC(C)C(C(=O)c1ccc(-c2cccc(NC(=O)C3(c4ccc5c(c4)OCO5)CC3)c2)cc1)N(C)C. The monoisotopic (exact) mass is 484 g/mol. The third-order valence-electron chi connectivity index (χ3n) is 7.19. The molecule has 186 valence electrons. The number of Topliss-reactive ketones (excluding diaryl/α,β-unsaturated/α-hetero) is 1. The number of nitrogens with one attached hydrogen (secondary N) is 1. The number of amides is 1. The first-order chi connectivity index (χ1) is 17.3. The Kier molecular flexibility index (Phi) is 6.31. The fourth-order valence-corrected chi connectivity index (χ4v) is 5.12. The molecule has 5 rings (SSSR count). The molecule has 1 amide bonds. The highest BCUT2D eigenvalue weighted by atomic mass is 16.7. The molecule has 2 aliphatic rings. The van der Waals surface area contributed by atoms with Gasteiger partial charge in [-0.3, -0.25) is 14.5 Å². The van der Waals surface area contributed by atoms with Crippen LogP contribution in [-0.2, 0) is 10.2 Å². The summed E-state index contributed by atoms with van der Waals surface area (Å²) in [5, 5.41) is 3.12. The topological polar surface area (TPSA) is 67.9 Å². The fraction of sp³-hybridized carbons (Fsp3) is 0.333. The summed E-state index contributed by atoms with van der Waals surface area (Å²) >= 11 is 0. The number of benzene rings is 3. The Bertz CT molecular complexity index is 1280. The largest absolute Gasteiger partial charge is 0.454 e. The summed E-state index contributed by atoms with van der Waals surface area (Å²) < 4.78 is 10.9. The molecule has 0 bridgehead atoms. The van der Waals surface area contributed by atoms with Gasteiger partial charge in [-0.2, -0.15) is 0 Å². The molecule has 1 heterocycles. The molecule has 3 aromatic rings. The van der Waals surface area contributed by atoms with Crippen molar-refractivity contribution in [2.75, 3.05) is 26.2 Å². The van der Waals surface area contributed by atoms with E-state index in [0.717, 1.165) is 41.0 Å². The van der Waals surface area contributed by atoms with Crippen LogP contribution in [0.5, 0.6) is 11.5 Å². The number of hydrogen-bond donors (Lipinski definition) is 1. The van der Waals surface area contributed by atoms with Crippen molar-refractivity contribution in [3.05, 3.63) is 77.9 Å². The van der Waals surface area contributed by atoms with E-state index in [4.69, 9.17) is 9.47 Å². The lowest BCUT2D eigenvalue weighted by Gasteiger charge is -2.26. The zero-order valence-corrected chi connectivity index (χ0v) is 21.2. The van der Waals surface area contributed by atoms with E-state index in [0.29, 0.717) is 11.3 Å². The van der Waals surface area contributed by atoms with Gasteiger partial charge in [0.15, 0.2) is 17.3 Å². The molecule has 1 fully saturated rings. The van der Waals surface area contributed by atoms with Crippen LogP contribution in [0.4, 0.5) is 5.69 Å². The number of ether oxygens (including phenoxy) is 2. The van der Waals surface area contributed by atoms with E-state index in [1.54, 1.807) is 0 Å². The van der Waals surface area contributed by atoms with E-state index in [9.17, 15) is 9.59 Å². The summed E-state index contributed by atoms with van der Waals surface area (Å²) in [5.41, 5.74) is 3.85. The fourth-order valence-electron chi connectivity index (χ4n) is 5.12. The van der Waals surface area contributed by atoms with Gasteiger partial charge in [-0.1, -0.05) is 56.3 Å². The van der Waals surface area contributed by atoms with E-state index >= 15 is 0 Å². The Balaban J connectivity index is 1.31. The number of rotatable bonds is 8. The molecule has 1 aliphatic carbocycles. The smallest absolute Gasteiger partial charge is 0.235 e. The van der Waals surface area contributed by atoms with Crippen LogP contribution in [-0.4, -0.2) is 43.5 Å². The standard InChI is InChI=1S/C30H32N2O4/c1-19(2)27(32(3)4)28(33)21-10-8-20(9-11-21)22-6-5-7-24(16-22)31-29(34)30(14-15-30)23-12-13-25-26(17-23)36-18-35-25/h5-13,16-17,19,27H,14-15,18H2,1-4H3,(H,31,34). The summed E-state index contributed by atoms with van der Waals surface area (Å²) in [6.45, 7) is 4.35. The third kappa shape index (κ3) is 4.49. The van der Waals surface area contributed by atoms with Gasteiger partial charge in [-0.25, -0.2) is 0 Å². The molecule has 1 atom stereocenters. The minimum Gasteiger partial charge on any atom is -0.454 e. The van der Waals surface area contributed by atoms with Gasteiger partial charge in [0.1, 0.15) is 0 Å². The summed E-state index contributed by atoms with van der Waals surface area (Å²) in [4.78, 5) is 28.3. The molecule has 1 aliphatic heterocycles. The number of ketones is 1. The molecular weight excluding hydrogens is 452 g/mol. The van der Waals surface area contributed by atoms with E-state index in [2.05, 4.69) is 19.2 Å². The maximum atomic E-state index is 13.3. The minimum atomic E-state index is -0.529. The number of fused-ring (bicyclic) bond motifs is 1. The molecule has 0 aromatic heterocycles. The molecule has 1 unspecified atom stereocenters. The summed E-state index contributed by atoms with van der Waals surface area (Å²) in [5.74, 6) is 1.75. The van der Waals surface area contributed by atoms with Crippen molar-refractivity contribution in [1.29, 1.82) is 0 Å². The van der Waals surface area contributed by atoms with Crippen LogP contribution >= 0.6 is 0 Å². The summed E-state index contributed by atoms with van der Waals surface area (Å²) in [6.07, 6.45) is 1.61. The molecule has 0 radical (unpaired) electrons. The summed E-state index contributed by atoms with van der Waals surface area (Å²) in [7, 11) is 3.88. The van der Waals surface area contributed by atoms with Crippen LogP contribution < -0.4 is 14.8 Å². The predicted molar refractivity (Wildman–Crippen MR) is 141 cm³/mol. The Morgan fingerprint density at radius 3 is 2.28 bits per heavy atom. The lowest BCUT2D eigenvalue weighted by Crippen LogP contribution is -2.40. The van der Waals surface area contributed by atoms with Crippen LogP contribution in [0.2, 0.25) is 0 Å². The lowest BCUT2D eigenvalue weighted by molar-refractivity contribution is -0.118. The molecule has 1 saturated carbocycles. The van der Waals surface area contributed by atoms with Crippen LogP contribution in [0.25, 0.3) is 11.1 Å². The molecule has 0 saturated heterocycles. The average Bonchev–Trinajstić information content (AvgIpc) is 3.54. The second kappa shape index (κ2) is 9.43. The van der Waals surface area contributed by atoms with Crippen molar-refractivity contribution in [2.24, 2.45) is 5.92 Å². The van der Waals surface area contributed by atoms with E-state index in [1.807, 2.05) is 85.7 Å². The highest BCUT2D eigenvalue weighted by molar-refractivity contribution is 6.02. The second-order valence-electron chi connectivity index (χ2n) is 10.3. The highest BCUT2D eigenvalue weighted by Crippen LogP contribution is 2.51. The van der Waals surface area contributed by atoms with E-state index < -0.39 is 5.41 Å². The number of carbonyl (C=O) groups is 2. The molecule has 1 N–H and O–H groups in total. The van der Waals surface area contributed by atoms with Crippen LogP contribution in [0.3, 0.4) is 0 Å². The first-order valence-corrected chi connectivity index (χ1v) is 12.4. The highest BCUT2D eigenvalue weighted by Gasteiger charge is 2.51. The van der Waals surface area contributed by atoms with Gasteiger partial charge in [0, 0.05) is 11.3 Å². The van der Waals surface area contributed by atoms with E-state index in [1.165, 1.54) is 0 Å². The van der Waals surface area contributed by atoms with Gasteiger partial charge < -0.3 is 14.8 Å². The average molecular weight is 485 g/mol.